The van der Waals surface area contributed by atoms with Gasteiger partial charge >= 0.3 is 0 Å². The lowest BCUT2D eigenvalue weighted by Crippen LogP contribution is -2.22. The predicted octanol–water partition coefficient (Wildman–Crippen LogP) is 3.59. The van der Waals surface area contributed by atoms with Crippen molar-refractivity contribution >= 4 is 34.5 Å². The second-order valence-electron chi connectivity index (χ2n) is 4.12. The maximum atomic E-state index is 6.19. The number of nitrogens with two attached hydrogens (primary N) is 1. The zero-order valence-electron chi connectivity index (χ0n) is 10.6. The van der Waals surface area contributed by atoms with E-state index in [2.05, 4.69) is 11.8 Å². The van der Waals surface area contributed by atoms with Crippen molar-refractivity contribution in [3.8, 4) is 0 Å². The number of nitrogens with zero attached hydrogens (tertiary/aromatic N) is 1. The molecule has 0 aliphatic carbocycles. The van der Waals surface area contributed by atoms with Crippen molar-refractivity contribution in [2.45, 2.75) is 13.5 Å². The van der Waals surface area contributed by atoms with Crippen molar-refractivity contribution in [2.24, 2.45) is 5.73 Å². The molecule has 0 amide bonds. The van der Waals surface area contributed by atoms with Gasteiger partial charge in [0.1, 0.15) is 10.7 Å². The zero-order chi connectivity index (χ0) is 13.8. The summed E-state index contributed by atoms with van der Waals surface area (Å²) >= 11 is 11.1. The Labute approximate surface area is 123 Å². The number of rotatable bonds is 5. The molecule has 3 nitrogen and oxygen atoms in total. The molecule has 0 atom stereocenters. The molecule has 0 unspecified atom stereocenters. The summed E-state index contributed by atoms with van der Waals surface area (Å²) in [6, 6.07) is 9.53. The van der Waals surface area contributed by atoms with Gasteiger partial charge < -0.3 is 15.1 Å². The van der Waals surface area contributed by atoms with Crippen LogP contribution in [-0.4, -0.2) is 11.5 Å². The fourth-order valence-electron chi connectivity index (χ4n) is 1.88. The molecule has 1 aromatic carbocycles. The second kappa shape index (κ2) is 6.08. The first-order valence-corrected chi connectivity index (χ1v) is 6.77. The van der Waals surface area contributed by atoms with Crippen molar-refractivity contribution < 1.29 is 4.42 Å². The molecule has 100 valence electrons. The lowest BCUT2D eigenvalue weighted by molar-refractivity contribution is 0.503. The molecule has 0 aliphatic rings. The average Bonchev–Trinajstić information content (AvgIpc) is 2.88. The standard InChI is InChI=1S/C14H15ClN2OS/c1-2-17(9-11-4-3-7-18-11)10-5-6-12(14(16)19)13(15)8-10/h3-8H,2,9H2,1H3,(H2,16,19). The van der Waals surface area contributed by atoms with E-state index in [-0.39, 0.29) is 0 Å². The molecule has 2 N–H and O–H groups in total. The maximum absolute atomic E-state index is 6.19. The van der Waals surface area contributed by atoms with Gasteiger partial charge in [-0.2, -0.15) is 0 Å². The highest BCUT2D eigenvalue weighted by Gasteiger charge is 2.10. The summed E-state index contributed by atoms with van der Waals surface area (Å²) in [6.45, 7) is 3.63. The van der Waals surface area contributed by atoms with E-state index in [9.17, 15) is 0 Å². The molecule has 1 aromatic heterocycles. The second-order valence-corrected chi connectivity index (χ2v) is 4.97. The van der Waals surface area contributed by atoms with Crippen LogP contribution in [0.3, 0.4) is 0 Å². The van der Waals surface area contributed by atoms with Gasteiger partial charge in [0, 0.05) is 17.8 Å². The van der Waals surface area contributed by atoms with E-state index in [0.29, 0.717) is 22.1 Å². The summed E-state index contributed by atoms with van der Waals surface area (Å²) in [5, 5.41) is 0.572. The molecule has 19 heavy (non-hydrogen) atoms. The van der Waals surface area contributed by atoms with E-state index in [0.717, 1.165) is 18.0 Å². The van der Waals surface area contributed by atoms with Crippen molar-refractivity contribution in [1.29, 1.82) is 0 Å². The third-order valence-electron chi connectivity index (χ3n) is 2.89. The van der Waals surface area contributed by atoms with Gasteiger partial charge in [0.2, 0.25) is 0 Å². The lowest BCUT2D eigenvalue weighted by Gasteiger charge is -2.22. The molecule has 1 heterocycles. The first-order valence-electron chi connectivity index (χ1n) is 5.98. The highest BCUT2D eigenvalue weighted by molar-refractivity contribution is 7.80. The summed E-state index contributed by atoms with van der Waals surface area (Å²) in [6.07, 6.45) is 1.67. The normalized spacial score (nSPS) is 10.4. The minimum atomic E-state index is 0.311. The fraction of sp³-hybridized carbons (Fsp3) is 0.214. The van der Waals surface area contributed by atoms with Crippen LogP contribution in [0.4, 0.5) is 5.69 Å². The van der Waals surface area contributed by atoms with Gasteiger partial charge in [-0.3, -0.25) is 0 Å². The monoisotopic (exact) mass is 294 g/mol. The lowest BCUT2D eigenvalue weighted by atomic mass is 10.2. The summed E-state index contributed by atoms with van der Waals surface area (Å²) in [5.74, 6) is 0.913. The Morgan fingerprint density at radius 2 is 2.21 bits per heavy atom. The predicted molar refractivity (Wildman–Crippen MR) is 82.8 cm³/mol. The molecule has 0 bridgehead atoms. The minimum Gasteiger partial charge on any atom is -0.467 e. The highest BCUT2D eigenvalue weighted by Crippen LogP contribution is 2.25. The van der Waals surface area contributed by atoms with Crippen molar-refractivity contribution in [3.63, 3.8) is 0 Å². The van der Waals surface area contributed by atoms with E-state index in [1.807, 2.05) is 30.3 Å². The first kappa shape index (κ1) is 13.9. The van der Waals surface area contributed by atoms with Gasteiger partial charge in [-0.15, -0.1) is 0 Å². The molecular weight excluding hydrogens is 280 g/mol. The molecule has 2 rings (SSSR count). The Hall–Kier alpha value is -1.52. The van der Waals surface area contributed by atoms with Gasteiger partial charge in [0.15, 0.2) is 0 Å². The molecule has 2 aromatic rings. The van der Waals surface area contributed by atoms with Crippen LogP contribution in [0, 0.1) is 0 Å². The van der Waals surface area contributed by atoms with Crippen molar-refractivity contribution in [3.05, 3.63) is 52.9 Å². The Morgan fingerprint density at radius 1 is 1.42 bits per heavy atom. The number of hydrogen-bond donors (Lipinski definition) is 1. The number of hydrogen-bond acceptors (Lipinski definition) is 3. The quantitative estimate of drug-likeness (QED) is 0.856. The highest BCUT2D eigenvalue weighted by atomic mass is 35.5. The van der Waals surface area contributed by atoms with Gasteiger partial charge in [-0.1, -0.05) is 23.8 Å². The zero-order valence-corrected chi connectivity index (χ0v) is 12.2. The van der Waals surface area contributed by atoms with E-state index in [4.69, 9.17) is 34.0 Å². The van der Waals surface area contributed by atoms with E-state index >= 15 is 0 Å². The average molecular weight is 295 g/mol. The molecule has 5 heteroatoms. The Kier molecular flexibility index (Phi) is 4.45. The third-order valence-corrected chi connectivity index (χ3v) is 3.42. The Morgan fingerprint density at radius 3 is 2.74 bits per heavy atom. The molecule has 0 aliphatic heterocycles. The number of furan rings is 1. The molecule has 0 saturated carbocycles. The summed E-state index contributed by atoms with van der Waals surface area (Å²) in [5.41, 5.74) is 7.32. The maximum Gasteiger partial charge on any atom is 0.123 e. The summed E-state index contributed by atoms with van der Waals surface area (Å²) in [7, 11) is 0. The number of thiocarbonyl (C=S) groups is 1. The van der Waals surface area contributed by atoms with Crippen LogP contribution < -0.4 is 10.6 Å². The first-order chi connectivity index (χ1) is 9.11. The molecule has 0 spiro atoms. The van der Waals surface area contributed by atoms with Crippen LogP contribution in [0.25, 0.3) is 0 Å². The smallest absolute Gasteiger partial charge is 0.123 e. The van der Waals surface area contributed by atoms with Gasteiger partial charge in [-0.25, -0.2) is 0 Å². The molecular formula is C14H15ClN2OS. The van der Waals surface area contributed by atoms with Crippen molar-refractivity contribution in [2.75, 3.05) is 11.4 Å². The third kappa shape index (κ3) is 3.28. The van der Waals surface area contributed by atoms with E-state index in [1.165, 1.54) is 0 Å². The fourth-order valence-corrected chi connectivity index (χ4v) is 2.39. The molecule has 0 saturated heterocycles. The van der Waals surface area contributed by atoms with Crippen LogP contribution >= 0.6 is 23.8 Å². The summed E-state index contributed by atoms with van der Waals surface area (Å²) < 4.78 is 5.36. The van der Waals surface area contributed by atoms with Crippen LogP contribution in [0.15, 0.2) is 41.0 Å². The number of halogens is 1. The Balaban J connectivity index is 2.23. The Bertz CT molecular complexity index is 569. The SMILES string of the molecule is CCN(Cc1ccco1)c1ccc(C(N)=S)c(Cl)c1. The molecule has 0 fully saturated rings. The van der Waals surface area contributed by atoms with E-state index in [1.54, 1.807) is 6.26 Å². The molecule has 0 radical (unpaired) electrons. The van der Waals surface area contributed by atoms with Crippen LogP contribution in [0.5, 0.6) is 0 Å². The van der Waals surface area contributed by atoms with E-state index < -0.39 is 0 Å². The minimum absolute atomic E-state index is 0.311. The van der Waals surface area contributed by atoms with Gasteiger partial charge in [0.05, 0.1) is 17.8 Å². The van der Waals surface area contributed by atoms with Gasteiger partial charge in [-0.05, 0) is 37.3 Å². The number of benzene rings is 1. The summed E-state index contributed by atoms with van der Waals surface area (Å²) in [4.78, 5) is 2.47. The van der Waals surface area contributed by atoms with Crippen molar-refractivity contribution in [1.82, 2.24) is 0 Å². The largest absolute Gasteiger partial charge is 0.467 e. The van der Waals surface area contributed by atoms with Crippen LogP contribution in [0.2, 0.25) is 5.02 Å². The van der Waals surface area contributed by atoms with Crippen LogP contribution in [0.1, 0.15) is 18.2 Å². The number of anilines is 1. The van der Waals surface area contributed by atoms with Crippen LogP contribution in [-0.2, 0) is 6.54 Å². The van der Waals surface area contributed by atoms with Gasteiger partial charge in [0.25, 0.3) is 0 Å². The topological polar surface area (TPSA) is 42.4 Å².